The molecule has 22 nitrogen and oxygen atoms in total. The summed E-state index contributed by atoms with van der Waals surface area (Å²) in [7, 11) is 0. The molecule has 1 saturated heterocycles. The minimum atomic E-state index is -1.65. The van der Waals surface area contributed by atoms with Crippen LogP contribution in [0.25, 0.3) is 0 Å². The molecule has 0 unspecified atom stereocenters. The van der Waals surface area contributed by atoms with Crippen LogP contribution in [0.5, 0.6) is 0 Å². The van der Waals surface area contributed by atoms with Crippen molar-refractivity contribution in [2.45, 2.75) is 109 Å². The summed E-state index contributed by atoms with van der Waals surface area (Å²) in [4.78, 5) is 115. The van der Waals surface area contributed by atoms with Crippen LogP contribution in [0.4, 0.5) is 0 Å². The number of guanidine groups is 1. The quantitative estimate of drug-likeness (QED) is 0.0293. The number of H-pyrrole nitrogens is 1. The molecule has 1 aliphatic heterocycles. The zero-order valence-corrected chi connectivity index (χ0v) is 32.1. The van der Waals surface area contributed by atoms with E-state index >= 15 is 0 Å². The molecule has 6 atom stereocenters. The van der Waals surface area contributed by atoms with Gasteiger partial charge in [0.25, 0.3) is 0 Å². The number of aliphatic imine (C=N–C) groups is 1. The summed E-state index contributed by atoms with van der Waals surface area (Å²) in [6, 6.07) is -7.34. The standard InChI is InChI=1S/C34H56N12O10/c1-17(2)11-21(45-32(55)27(35)18(3)4)29(52)43-22(12-19-14-38-16-41-19)30(53)42-20(7-5-9-39-34(36)37)33(56)46-10-6-8-24(46)31(54)44-23(13-25(47)48)28(51)40-15-26(49)50/h14,16-18,20-24,27H,5-13,15,35H2,1-4H3,(H,38,41)(H,40,51)(H,42,53)(H,43,52)(H,44,54)(H,45,55)(H,47,48)(H,49,50)(H4,36,37,39)/t20-,21-,22-,23-,24-,27-/m0/s1. The van der Waals surface area contributed by atoms with E-state index < -0.39 is 96.6 Å². The molecular formula is C34H56N12O10. The average molecular weight is 793 g/mol. The molecule has 1 aromatic heterocycles. The first-order valence-corrected chi connectivity index (χ1v) is 18.3. The van der Waals surface area contributed by atoms with Gasteiger partial charge in [-0.2, -0.15) is 0 Å². The van der Waals surface area contributed by atoms with E-state index in [1.54, 1.807) is 13.8 Å². The molecule has 0 saturated carbocycles. The van der Waals surface area contributed by atoms with Gasteiger partial charge in [-0.25, -0.2) is 4.98 Å². The molecule has 2 rings (SSSR count). The van der Waals surface area contributed by atoms with Crippen molar-refractivity contribution in [2.24, 2.45) is 34.0 Å². The molecule has 0 aliphatic carbocycles. The van der Waals surface area contributed by atoms with Gasteiger partial charge in [0.1, 0.15) is 36.8 Å². The number of nitrogens with two attached hydrogens (primary N) is 3. The van der Waals surface area contributed by atoms with Crippen LogP contribution in [0.2, 0.25) is 0 Å². The normalized spacial score (nSPS) is 16.5. The van der Waals surface area contributed by atoms with Crippen molar-refractivity contribution >= 4 is 53.3 Å². The Balaban J connectivity index is 2.39. The first-order valence-electron chi connectivity index (χ1n) is 18.3. The number of imidazole rings is 1. The zero-order chi connectivity index (χ0) is 42.1. The number of carbonyl (C=O) groups excluding carboxylic acids is 6. The number of carbonyl (C=O) groups is 8. The molecule has 6 amide bonds. The number of hydrogen-bond donors (Lipinski definition) is 11. The fourth-order valence-electron chi connectivity index (χ4n) is 5.85. The highest BCUT2D eigenvalue weighted by atomic mass is 16.4. The van der Waals surface area contributed by atoms with Gasteiger partial charge in [-0.05, 0) is 43.9 Å². The van der Waals surface area contributed by atoms with E-state index in [-0.39, 0.29) is 63.0 Å². The molecule has 1 aliphatic rings. The van der Waals surface area contributed by atoms with Crippen LogP contribution in [0.3, 0.4) is 0 Å². The third kappa shape index (κ3) is 15.5. The van der Waals surface area contributed by atoms with Crippen molar-refractivity contribution in [1.29, 1.82) is 0 Å². The molecule has 0 aromatic carbocycles. The highest BCUT2D eigenvalue weighted by Crippen LogP contribution is 2.21. The number of aromatic amines is 1. The van der Waals surface area contributed by atoms with Gasteiger partial charge in [0.05, 0.1) is 18.8 Å². The number of hydrogen-bond acceptors (Lipinski definition) is 11. The lowest BCUT2D eigenvalue weighted by molar-refractivity contribution is -0.144. The van der Waals surface area contributed by atoms with E-state index in [0.717, 1.165) is 0 Å². The highest BCUT2D eigenvalue weighted by Gasteiger charge is 2.40. The Bertz CT molecular complexity index is 1560. The first-order chi connectivity index (χ1) is 26.3. The van der Waals surface area contributed by atoms with E-state index in [9.17, 15) is 43.5 Å². The number of likely N-dealkylation sites (tertiary alicyclic amines) is 1. The predicted octanol–water partition coefficient (Wildman–Crippen LogP) is -3.36. The minimum Gasteiger partial charge on any atom is -0.481 e. The van der Waals surface area contributed by atoms with Crippen LogP contribution in [0.1, 0.15) is 71.9 Å². The van der Waals surface area contributed by atoms with Crippen LogP contribution >= 0.6 is 0 Å². The lowest BCUT2D eigenvalue weighted by Crippen LogP contribution is -2.60. The Morgan fingerprint density at radius 1 is 0.893 bits per heavy atom. The van der Waals surface area contributed by atoms with Crippen LogP contribution < -0.4 is 43.8 Å². The third-order valence-electron chi connectivity index (χ3n) is 8.80. The van der Waals surface area contributed by atoms with Gasteiger partial charge in [-0.1, -0.05) is 27.7 Å². The predicted molar refractivity (Wildman–Crippen MR) is 200 cm³/mol. The van der Waals surface area contributed by atoms with Crippen molar-refractivity contribution in [1.82, 2.24) is 41.5 Å². The Kier molecular flexibility index (Phi) is 18.7. The van der Waals surface area contributed by atoms with Gasteiger partial charge in [0, 0.05) is 31.4 Å². The molecule has 312 valence electrons. The van der Waals surface area contributed by atoms with E-state index in [4.69, 9.17) is 22.3 Å². The van der Waals surface area contributed by atoms with Crippen molar-refractivity contribution in [3.8, 4) is 0 Å². The minimum absolute atomic E-state index is 0.0186. The highest BCUT2D eigenvalue weighted by molar-refractivity contribution is 5.97. The van der Waals surface area contributed by atoms with E-state index in [0.29, 0.717) is 12.1 Å². The lowest BCUT2D eigenvalue weighted by Gasteiger charge is -2.31. The molecule has 0 bridgehead atoms. The number of carboxylic acids is 2. The summed E-state index contributed by atoms with van der Waals surface area (Å²) in [6.45, 7) is 6.56. The SMILES string of the molecule is CC(C)C[C@H](NC(=O)[C@@H](N)C(C)C)C(=O)N[C@@H](Cc1cnc[nH]1)C(=O)N[C@@H](CCCN=C(N)N)C(=O)N1CCC[C@H]1C(=O)N[C@@H](CC(=O)O)C(=O)NCC(=O)O. The number of carboxylic acid groups (broad SMARTS) is 2. The molecule has 1 fully saturated rings. The monoisotopic (exact) mass is 792 g/mol. The molecule has 56 heavy (non-hydrogen) atoms. The van der Waals surface area contributed by atoms with E-state index in [1.165, 1.54) is 17.4 Å². The van der Waals surface area contributed by atoms with Crippen molar-refractivity contribution in [3.63, 3.8) is 0 Å². The maximum atomic E-state index is 14.2. The summed E-state index contributed by atoms with van der Waals surface area (Å²) >= 11 is 0. The van der Waals surface area contributed by atoms with E-state index in [2.05, 4.69) is 36.2 Å². The number of rotatable bonds is 23. The number of nitrogens with zero attached hydrogens (tertiary/aromatic N) is 3. The van der Waals surface area contributed by atoms with Crippen molar-refractivity contribution in [2.75, 3.05) is 19.6 Å². The molecule has 14 N–H and O–H groups in total. The molecular weight excluding hydrogens is 736 g/mol. The Labute approximate surface area is 323 Å². The van der Waals surface area contributed by atoms with Gasteiger partial charge in [-0.3, -0.25) is 43.3 Å². The van der Waals surface area contributed by atoms with Crippen LogP contribution in [0, 0.1) is 11.8 Å². The second kappa shape index (κ2) is 22.5. The number of aliphatic carboxylic acids is 2. The Morgan fingerprint density at radius 2 is 1.54 bits per heavy atom. The topological polar surface area (TPSA) is 360 Å². The summed E-state index contributed by atoms with van der Waals surface area (Å²) in [5, 5.41) is 30.7. The third-order valence-corrected chi connectivity index (χ3v) is 8.80. The number of aromatic nitrogens is 2. The van der Waals surface area contributed by atoms with Gasteiger partial charge >= 0.3 is 11.9 Å². The molecule has 1 aromatic rings. The van der Waals surface area contributed by atoms with Crippen molar-refractivity contribution in [3.05, 3.63) is 18.2 Å². The summed E-state index contributed by atoms with van der Waals surface area (Å²) in [5.74, 6) is -7.88. The zero-order valence-electron chi connectivity index (χ0n) is 32.1. The van der Waals surface area contributed by atoms with Crippen LogP contribution in [0.15, 0.2) is 17.5 Å². The number of nitrogens with one attached hydrogen (secondary N) is 6. The maximum Gasteiger partial charge on any atom is 0.322 e. The van der Waals surface area contributed by atoms with Gasteiger partial charge in [0.2, 0.25) is 35.4 Å². The molecule has 0 spiro atoms. The summed E-state index contributed by atoms with van der Waals surface area (Å²) in [5.41, 5.74) is 17.4. The van der Waals surface area contributed by atoms with Crippen LogP contribution in [-0.2, 0) is 44.8 Å². The van der Waals surface area contributed by atoms with E-state index in [1.807, 2.05) is 19.2 Å². The van der Waals surface area contributed by atoms with Crippen molar-refractivity contribution < 1.29 is 48.6 Å². The summed E-state index contributed by atoms with van der Waals surface area (Å²) < 4.78 is 0. The fourth-order valence-corrected chi connectivity index (χ4v) is 5.85. The summed E-state index contributed by atoms with van der Waals surface area (Å²) in [6.07, 6.45) is 2.74. The average Bonchev–Trinajstić information content (AvgIpc) is 3.82. The second-order valence-corrected chi connectivity index (χ2v) is 14.3. The largest absolute Gasteiger partial charge is 0.481 e. The second-order valence-electron chi connectivity index (χ2n) is 14.3. The maximum absolute atomic E-state index is 14.2. The van der Waals surface area contributed by atoms with Gasteiger partial charge < -0.3 is 63.9 Å². The molecule has 2 heterocycles. The first kappa shape index (κ1) is 46.4. The molecule has 0 radical (unpaired) electrons. The fraction of sp³-hybridized carbons (Fsp3) is 0.647. The Morgan fingerprint density at radius 3 is 2.11 bits per heavy atom. The van der Waals surface area contributed by atoms with Crippen LogP contribution in [-0.4, -0.2) is 134 Å². The molecule has 22 heteroatoms. The smallest absolute Gasteiger partial charge is 0.322 e. The number of amides is 6. The van der Waals surface area contributed by atoms with Gasteiger partial charge in [-0.15, -0.1) is 0 Å². The lowest BCUT2D eigenvalue weighted by atomic mass is 10.00. The Hall–Kier alpha value is -5.80. The van der Waals surface area contributed by atoms with Gasteiger partial charge in [0.15, 0.2) is 5.96 Å².